The van der Waals surface area contributed by atoms with E-state index in [-0.39, 0.29) is 17.2 Å². The minimum Gasteiger partial charge on any atom is -0.507 e. The quantitative estimate of drug-likeness (QED) is 0.886. The lowest BCUT2D eigenvalue weighted by Crippen LogP contribution is -2.59. The number of phenolic OH excluding ortho intramolecular Hbond substituents is 1. The van der Waals surface area contributed by atoms with Crippen LogP contribution >= 0.6 is 0 Å². The maximum Gasteiger partial charge on any atom is 0.255 e. The number of aryl methyl sites for hydroxylation is 1. The highest BCUT2D eigenvalue weighted by Crippen LogP contribution is 2.35. The smallest absolute Gasteiger partial charge is 0.255 e. The maximum absolute atomic E-state index is 12.6. The zero-order valence-electron chi connectivity index (χ0n) is 14.8. The molecule has 1 aliphatic carbocycles. The first-order valence-corrected chi connectivity index (χ1v) is 9.02. The van der Waals surface area contributed by atoms with E-state index in [1.54, 1.807) is 12.1 Å². The summed E-state index contributed by atoms with van der Waals surface area (Å²) in [4.78, 5) is 17.5. The highest BCUT2D eigenvalue weighted by Gasteiger charge is 2.40. The molecule has 1 aliphatic heterocycles. The third-order valence-electron chi connectivity index (χ3n) is 5.68. The molecule has 1 heterocycles. The van der Waals surface area contributed by atoms with E-state index < -0.39 is 0 Å². The van der Waals surface area contributed by atoms with Gasteiger partial charge in [0.15, 0.2) is 0 Å². The van der Waals surface area contributed by atoms with E-state index in [0.717, 1.165) is 44.6 Å². The molecule has 2 fully saturated rings. The number of aromatic hydroxyl groups is 1. The van der Waals surface area contributed by atoms with Gasteiger partial charge in [-0.25, -0.2) is 0 Å². The average molecular weight is 331 g/mol. The summed E-state index contributed by atoms with van der Waals surface area (Å²) < 4.78 is 0. The average Bonchev–Trinajstić information content (AvgIpc) is 3.05. The number of amides is 1. The first-order valence-electron chi connectivity index (χ1n) is 9.02. The van der Waals surface area contributed by atoms with E-state index in [9.17, 15) is 9.90 Å². The summed E-state index contributed by atoms with van der Waals surface area (Å²) in [6.45, 7) is 6.93. The van der Waals surface area contributed by atoms with Crippen LogP contribution in [-0.2, 0) is 0 Å². The first kappa shape index (κ1) is 17.2. The summed E-state index contributed by atoms with van der Waals surface area (Å²) in [5.41, 5.74) is 1.45. The Kier molecular flexibility index (Phi) is 5.11. The number of piperazine rings is 1. The SMILES string of the molecule is Cc1ccc(O)c(C(=O)NCC2(N3CCN(C)CC3)CCCC2)c1. The monoisotopic (exact) mass is 331 g/mol. The standard InChI is InChI=1S/C19H29N3O2/c1-15-5-6-17(23)16(13-15)18(24)20-14-19(7-3-4-8-19)22-11-9-21(2)10-12-22/h5-6,13,23H,3-4,7-12,14H2,1-2H3,(H,20,24). The Bertz CT molecular complexity index is 588. The van der Waals surface area contributed by atoms with Crippen molar-refractivity contribution in [2.75, 3.05) is 39.8 Å². The van der Waals surface area contributed by atoms with Crippen LogP contribution < -0.4 is 5.32 Å². The van der Waals surface area contributed by atoms with Gasteiger partial charge in [0.25, 0.3) is 5.91 Å². The van der Waals surface area contributed by atoms with Crippen molar-refractivity contribution in [2.24, 2.45) is 0 Å². The summed E-state index contributed by atoms with van der Waals surface area (Å²) in [6, 6.07) is 5.16. The normalized spacial score (nSPS) is 21.8. The number of nitrogens with one attached hydrogen (secondary N) is 1. The fourth-order valence-electron chi connectivity index (χ4n) is 4.09. The zero-order chi connectivity index (χ0) is 17.2. The minimum absolute atomic E-state index is 0.0539. The number of rotatable bonds is 4. The lowest BCUT2D eigenvalue weighted by atomic mass is 9.93. The molecule has 24 heavy (non-hydrogen) atoms. The van der Waals surface area contributed by atoms with E-state index >= 15 is 0 Å². The van der Waals surface area contributed by atoms with Crippen LogP contribution in [0.15, 0.2) is 18.2 Å². The van der Waals surface area contributed by atoms with Crippen molar-refractivity contribution in [3.8, 4) is 5.75 Å². The molecule has 0 bridgehead atoms. The second-order valence-corrected chi connectivity index (χ2v) is 7.43. The van der Waals surface area contributed by atoms with Crippen molar-refractivity contribution in [1.29, 1.82) is 0 Å². The van der Waals surface area contributed by atoms with E-state index in [4.69, 9.17) is 0 Å². The van der Waals surface area contributed by atoms with Gasteiger partial charge in [-0.1, -0.05) is 24.5 Å². The Morgan fingerprint density at radius 2 is 1.88 bits per heavy atom. The molecule has 0 unspecified atom stereocenters. The molecule has 1 saturated heterocycles. The van der Waals surface area contributed by atoms with E-state index in [0.29, 0.717) is 12.1 Å². The molecule has 0 radical (unpaired) electrons. The third-order valence-corrected chi connectivity index (χ3v) is 5.68. The van der Waals surface area contributed by atoms with Crippen LogP contribution in [-0.4, -0.2) is 66.1 Å². The maximum atomic E-state index is 12.6. The number of hydrogen-bond donors (Lipinski definition) is 2. The predicted molar refractivity (Wildman–Crippen MR) is 95.4 cm³/mol. The molecule has 5 heteroatoms. The summed E-state index contributed by atoms with van der Waals surface area (Å²) >= 11 is 0. The number of hydrogen-bond acceptors (Lipinski definition) is 4. The number of phenols is 1. The lowest BCUT2D eigenvalue weighted by Gasteiger charge is -2.45. The molecule has 2 aliphatic rings. The van der Waals surface area contributed by atoms with Gasteiger partial charge in [0.1, 0.15) is 5.75 Å². The van der Waals surface area contributed by atoms with Gasteiger partial charge in [-0.2, -0.15) is 0 Å². The number of carbonyl (C=O) groups is 1. The van der Waals surface area contributed by atoms with Gasteiger partial charge in [-0.15, -0.1) is 0 Å². The largest absolute Gasteiger partial charge is 0.507 e. The van der Waals surface area contributed by atoms with Gasteiger partial charge in [-0.05, 0) is 38.9 Å². The second-order valence-electron chi connectivity index (χ2n) is 7.43. The van der Waals surface area contributed by atoms with Crippen LogP contribution in [0.2, 0.25) is 0 Å². The van der Waals surface area contributed by atoms with Gasteiger partial charge >= 0.3 is 0 Å². The van der Waals surface area contributed by atoms with E-state index in [1.807, 2.05) is 13.0 Å². The molecule has 0 atom stereocenters. The molecule has 1 saturated carbocycles. The molecule has 2 N–H and O–H groups in total. The Balaban J connectivity index is 1.68. The summed E-state index contributed by atoms with van der Waals surface area (Å²) in [6.07, 6.45) is 4.77. The van der Waals surface area contributed by atoms with Crippen LogP contribution in [0.5, 0.6) is 5.75 Å². The minimum atomic E-state index is -0.170. The molecule has 0 aromatic heterocycles. The van der Waals surface area contributed by atoms with Crippen LogP contribution in [0, 0.1) is 6.92 Å². The molecule has 1 amide bonds. The molecular formula is C19H29N3O2. The third kappa shape index (κ3) is 3.57. The Morgan fingerprint density at radius 1 is 1.21 bits per heavy atom. The first-order chi connectivity index (χ1) is 11.5. The summed E-state index contributed by atoms with van der Waals surface area (Å²) in [7, 11) is 2.17. The summed E-state index contributed by atoms with van der Waals surface area (Å²) in [5.74, 6) is -0.116. The molecular weight excluding hydrogens is 302 g/mol. The van der Waals surface area contributed by atoms with E-state index in [1.165, 1.54) is 12.8 Å². The molecule has 1 aromatic carbocycles. The van der Waals surface area contributed by atoms with Crippen LogP contribution in [0.3, 0.4) is 0 Å². The van der Waals surface area contributed by atoms with Crippen molar-refractivity contribution >= 4 is 5.91 Å². The van der Waals surface area contributed by atoms with Crippen molar-refractivity contribution in [1.82, 2.24) is 15.1 Å². The highest BCUT2D eigenvalue weighted by atomic mass is 16.3. The molecule has 3 rings (SSSR count). The number of carbonyl (C=O) groups excluding carboxylic acids is 1. The van der Waals surface area contributed by atoms with Gasteiger partial charge in [0, 0.05) is 38.3 Å². The van der Waals surface area contributed by atoms with Gasteiger partial charge in [0.2, 0.25) is 0 Å². The second kappa shape index (κ2) is 7.11. The van der Waals surface area contributed by atoms with Crippen LogP contribution in [0.25, 0.3) is 0 Å². The molecule has 132 valence electrons. The summed E-state index contributed by atoms with van der Waals surface area (Å²) in [5, 5.41) is 13.1. The van der Waals surface area contributed by atoms with Crippen LogP contribution in [0.1, 0.15) is 41.6 Å². The fourth-order valence-corrected chi connectivity index (χ4v) is 4.09. The highest BCUT2D eigenvalue weighted by molar-refractivity contribution is 5.97. The van der Waals surface area contributed by atoms with Gasteiger partial charge < -0.3 is 15.3 Å². The Labute approximate surface area is 144 Å². The number of benzene rings is 1. The number of nitrogens with zero attached hydrogens (tertiary/aromatic N) is 2. The topological polar surface area (TPSA) is 55.8 Å². The van der Waals surface area contributed by atoms with Gasteiger partial charge in [-0.3, -0.25) is 9.69 Å². The van der Waals surface area contributed by atoms with Gasteiger partial charge in [0.05, 0.1) is 5.56 Å². The van der Waals surface area contributed by atoms with Crippen molar-refractivity contribution in [2.45, 2.75) is 38.1 Å². The predicted octanol–water partition coefficient (Wildman–Crippen LogP) is 1.99. The van der Waals surface area contributed by atoms with Crippen molar-refractivity contribution < 1.29 is 9.90 Å². The Hall–Kier alpha value is -1.59. The molecule has 5 nitrogen and oxygen atoms in total. The zero-order valence-corrected chi connectivity index (χ0v) is 14.8. The van der Waals surface area contributed by atoms with Crippen molar-refractivity contribution in [3.63, 3.8) is 0 Å². The van der Waals surface area contributed by atoms with Crippen molar-refractivity contribution in [3.05, 3.63) is 29.3 Å². The fraction of sp³-hybridized carbons (Fsp3) is 0.632. The van der Waals surface area contributed by atoms with E-state index in [2.05, 4.69) is 22.2 Å². The molecule has 0 spiro atoms. The Morgan fingerprint density at radius 3 is 2.54 bits per heavy atom. The van der Waals surface area contributed by atoms with Crippen LogP contribution in [0.4, 0.5) is 0 Å². The lowest BCUT2D eigenvalue weighted by molar-refractivity contribution is 0.0414. The molecule has 1 aromatic rings. The number of likely N-dealkylation sites (N-methyl/N-ethyl adjacent to an activating group) is 1.